The van der Waals surface area contributed by atoms with Gasteiger partial charge in [-0.15, -0.1) is 12.4 Å². The normalized spacial score (nSPS) is 14.5. The van der Waals surface area contributed by atoms with Gasteiger partial charge in [-0.25, -0.2) is 0 Å². The van der Waals surface area contributed by atoms with Crippen molar-refractivity contribution in [1.29, 1.82) is 0 Å². The molecule has 2 rings (SSSR count). The van der Waals surface area contributed by atoms with E-state index in [0.29, 0.717) is 12.7 Å². The van der Waals surface area contributed by atoms with Crippen LogP contribution in [0, 0.1) is 5.92 Å². The van der Waals surface area contributed by atoms with Crippen LogP contribution in [0.3, 0.4) is 0 Å². The minimum Gasteiger partial charge on any atom is -0.454 e. The van der Waals surface area contributed by atoms with E-state index < -0.39 is 0 Å². The Kier molecular flexibility index (Phi) is 5.76. The molecule has 1 atom stereocenters. The molecule has 0 saturated carbocycles. The highest BCUT2D eigenvalue weighted by molar-refractivity contribution is 9.10. The molecule has 102 valence electrons. The molecule has 3 nitrogen and oxygen atoms in total. The summed E-state index contributed by atoms with van der Waals surface area (Å²) in [6.07, 6.45) is 2.11. The number of ether oxygens (including phenoxy) is 2. The zero-order valence-corrected chi connectivity index (χ0v) is 13.0. The van der Waals surface area contributed by atoms with E-state index >= 15 is 0 Å². The fraction of sp³-hybridized carbons (Fsp3) is 0.538. The first-order chi connectivity index (χ1) is 8.08. The lowest BCUT2D eigenvalue weighted by atomic mass is 9.98. The molecule has 18 heavy (non-hydrogen) atoms. The van der Waals surface area contributed by atoms with Gasteiger partial charge in [-0.05, 0) is 36.5 Å². The molecular weight excluding hydrogens is 318 g/mol. The number of benzene rings is 1. The minimum atomic E-state index is 0. The highest BCUT2D eigenvalue weighted by atomic mass is 79.9. The lowest BCUT2D eigenvalue weighted by Gasteiger charge is -2.15. The molecule has 1 aromatic rings. The molecule has 0 amide bonds. The van der Waals surface area contributed by atoms with E-state index in [2.05, 4.69) is 29.8 Å². The summed E-state index contributed by atoms with van der Waals surface area (Å²) >= 11 is 3.54. The van der Waals surface area contributed by atoms with E-state index in [4.69, 9.17) is 15.2 Å². The lowest BCUT2D eigenvalue weighted by molar-refractivity contribution is 0.174. The number of rotatable bonds is 4. The molecule has 1 aliphatic heterocycles. The summed E-state index contributed by atoms with van der Waals surface area (Å²) in [6, 6.07) is 3.96. The van der Waals surface area contributed by atoms with E-state index in [9.17, 15) is 0 Å². The van der Waals surface area contributed by atoms with Gasteiger partial charge in [0.05, 0.1) is 0 Å². The van der Waals surface area contributed by atoms with Crippen molar-refractivity contribution in [2.75, 3.05) is 6.79 Å². The van der Waals surface area contributed by atoms with Crippen LogP contribution < -0.4 is 15.2 Å². The molecule has 1 aliphatic rings. The zero-order chi connectivity index (χ0) is 12.4. The van der Waals surface area contributed by atoms with Crippen LogP contribution in [-0.2, 0) is 0 Å². The molecule has 0 bridgehead atoms. The molecule has 5 heteroatoms. The largest absolute Gasteiger partial charge is 0.454 e. The van der Waals surface area contributed by atoms with Crippen molar-refractivity contribution in [2.45, 2.75) is 32.7 Å². The molecule has 1 aromatic carbocycles. The minimum absolute atomic E-state index is 0. The smallest absolute Gasteiger partial charge is 0.231 e. The number of hydrogen-bond donors (Lipinski definition) is 1. The van der Waals surface area contributed by atoms with Gasteiger partial charge in [-0.2, -0.15) is 0 Å². The van der Waals surface area contributed by atoms with E-state index in [1.165, 1.54) is 0 Å². The summed E-state index contributed by atoms with van der Waals surface area (Å²) in [4.78, 5) is 0. The Labute approximate surface area is 123 Å². The van der Waals surface area contributed by atoms with Gasteiger partial charge in [0, 0.05) is 10.5 Å². The van der Waals surface area contributed by atoms with E-state index in [0.717, 1.165) is 34.4 Å². The Morgan fingerprint density at radius 1 is 1.22 bits per heavy atom. The second-order valence-corrected chi connectivity index (χ2v) is 5.66. The molecule has 0 aliphatic carbocycles. The highest BCUT2D eigenvalue weighted by Gasteiger charge is 2.19. The standard InChI is InChI=1S/C13H18BrNO2.ClH/c1-8(2)3-4-11(15)9-5-12-13(6-10(9)14)17-7-16-12;/h5-6,8,11H,3-4,7,15H2,1-2H3;1H/t11-;/m1./s1. The second kappa shape index (κ2) is 6.64. The lowest BCUT2D eigenvalue weighted by Crippen LogP contribution is -2.12. The molecule has 0 unspecified atom stereocenters. The summed E-state index contributed by atoms with van der Waals surface area (Å²) in [5, 5.41) is 0. The van der Waals surface area contributed by atoms with Crippen molar-refractivity contribution in [1.82, 2.24) is 0 Å². The van der Waals surface area contributed by atoms with Crippen LogP contribution in [-0.4, -0.2) is 6.79 Å². The van der Waals surface area contributed by atoms with E-state index in [1.54, 1.807) is 0 Å². The van der Waals surface area contributed by atoms with Crippen molar-refractivity contribution in [2.24, 2.45) is 11.7 Å². The van der Waals surface area contributed by atoms with Gasteiger partial charge >= 0.3 is 0 Å². The Morgan fingerprint density at radius 3 is 2.44 bits per heavy atom. The molecule has 0 spiro atoms. The van der Waals surface area contributed by atoms with E-state index in [-0.39, 0.29) is 18.4 Å². The van der Waals surface area contributed by atoms with Crippen LogP contribution in [0.2, 0.25) is 0 Å². The Morgan fingerprint density at radius 2 is 1.83 bits per heavy atom. The van der Waals surface area contributed by atoms with Gasteiger partial charge in [0.1, 0.15) is 0 Å². The fourth-order valence-corrected chi connectivity index (χ4v) is 2.50. The topological polar surface area (TPSA) is 44.5 Å². The maximum absolute atomic E-state index is 6.21. The predicted octanol–water partition coefficient (Wildman–Crippen LogP) is 4.04. The second-order valence-electron chi connectivity index (χ2n) is 4.80. The molecule has 0 radical (unpaired) electrons. The molecule has 1 heterocycles. The van der Waals surface area contributed by atoms with Crippen molar-refractivity contribution >= 4 is 28.3 Å². The van der Waals surface area contributed by atoms with E-state index in [1.807, 2.05) is 12.1 Å². The van der Waals surface area contributed by atoms with Crippen molar-refractivity contribution in [3.05, 3.63) is 22.2 Å². The van der Waals surface area contributed by atoms with Gasteiger partial charge in [0.2, 0.25) is 6.79 Å². The highest BCUT2D eigenvalue weighted by Crippen LogP contribution is 2.39. The van der Waals surface area contributed by atoms with Crippen LogP contribution >= 0.6 is 28.3 Å². The number of nitrogens with two attached hydrogens (primary N) is 1. The van der Waals surface area contributed by atoms with Gasteiger partial charge < -0.3 is 15.2 Å². The molecule has 2 N–H and O–H groups in total. The van der Waals surface area contributed by atoms with Crippen LogP contribution in [0.25, 0.3) is 0 Å². The van der Waals surface area contributed by atoms with Crippen LogP contribution in [0.5, 0.6) is 11.5 Å². The third kappa shape index (κ3) is 3.53. The Bertz CT molecular complexity index is 412. The monoisotopic (exact) mass is 335 g/mol. The number of halogens is 2. The molecular formula is C13H19BrClNO2. The van der Waals surface area contributed by atoms with Crippen molar-refractivity contribution in [3.8, 4) is 11.5 Å². The van der Waals surface area contributed by atoms with Crippen molar-refractivity contribution < 1.29 is 9.47 Å². The first-order valence-electron chi connectivity index (χ1n) is 5.92. The van der Waals surface area contributed by atoms with Gasteiger partial charge in [-0.3, -0.25) is 0 Å². The van der Waals surface area contributed by atoms with Crippen molar-refractivity contribution in [3.63, 3.8) is 0 Å². The average molecular weight is 337 g/mol. The summed E-state index contributed by atoms with van der Waals surface area (Å²) in [5.74, 6) is 2.26. The van der Waals surface area contributed by atoms with Crippen LogP contribution in [0.1, 0.15) is 38.3 Å². The molecule has 0 fully saturated rings. The maximum Gasteiger partial charge on any atom is 0.231 e. The van der Waals surface area contributed by atoms with Gasteiger partial charge in [0.15, 0.2) is 11.5 Å². The first-order valence-corrected chi connectivity index (χ1v) is 6.72. The third-order valence-corrected chi connectivity index (χ3v) is 3.63. The number of fused-ring (bicyclic) bond motifs is 1. The maximum atomic E-state index is 6.21. The Balaban J connectivity index is 0.00000162. The average Bonchev–Trinajstić information content (AvgIpc) is 2.71. The summed E-state index contributed by atoms with van der Waals surface area (Å²) in [5.41, 5.74) is 7.30. The fourth-order valence-electron chi connectivity index (χ4n) is 1.89. The van der Waals surface area contributed by atoms with Gasteiger partial charge in [-0.1, -0.05) is 29.8 Å². The van der Waals surface area contributed by atoms with Gasteiger partial charge in [0.25, 0.3) is 0 Å². The molecule has 0 saturated heterocycles. The summed E-state index contributed by atoms with van der Waals surface area (Å²) in [6.45, 7) is 4.72. The quantitative estimate of drug-likeness (QED) is 0.902. The first kappa shape index (κ1) is 15.6. The predicted molar refractivity (Wildman–Crippen MR) is 78.5 cm³/mol. The summed E-state index contributed by atoms with van der Waals surface area (Å²) in [7, 11) is 0. The summed E-state index contributed by atoms with van der Waals surface area (Å²) < 4.78 is 11.7. The Hall–Kier alpha value is -0.450. The number of hydrogen-bond acceptors (Lipinski definition) is 3. The SMILES string of the molecule is CC(C)CC[C@@H](N)c1cc2c(cc1Br)OCO2.Cl. The van der Waals surface area contributed by atoms with Crippen LogP contribution in [0.4, 0.5) is 0 Å². The molecule has 0 aromatic heterocycles. The van der Waals surface area contributed by atoms with Crippen LogP contribution in [0.15, 0.2) is 16.6 Å². The third-order valence-electron chi connectivity index (χ3n) is 2.95. The zero-order valence-electron chi connectivity index (χ0n) is 10.6.